The van der Waals surface area contributed by atoms with Crippen LogP contribution in [0.25, 0.3) is 0 Å². The van der Waals surface area contributed by atoms with Crippen LogP contribution >= 0.6 is 11.8 Å². The van der Waals surface area contributed by atoms with Crippen molar-refractivity contribution in [2.24, 2.45) is 0 Å². The number of rotatable bonds is 4. The second kappa shape index (κ2) is 5.73. The zero-order valence-corrected chi connectivity index (χ0v) is 10.5. The predicted octanol–water partition coefficient (Wildman–Crippen LogP) is 1.26. The topological polar surface area (TPSA) is 32.3 Å². The summed E-state index contributed by atoms with van der Waals surface area (Å²) in [6, 6.07) is 1.20. The monoisotopic (exact) mass is 240 g/mol. The Bertz CT molecular complexity index is 270. The molecule has 0 aliphatic carbocycles. The highest BCUT2D eigenvalue weighted by molar-refractivity contribution is 8.00. The number of carbonyl (C=O) groups excluding carboxylic acids is 1. The molecule has 0 spiro atoms. The lowest BCUT2D eigenvalue weighted by Crippen LogP contribution is -2.39. The molecule has 2 saturated heterocycles. The van der Waals surface area contributed by atoms with Crippen LogP contribution in [-0.4, -0.2) is 47.5 Å². The van der Waals surface area contributed by atoms with Gasteiger partial charge in [0.2, 0.25) is 5.91 Å². The largest absolute Gasteiger partial charge is 0.340 e. The number of fused-ring (bicyclic) bond motifs is 2. The van der Waals surface area contributed by atoms with Crippen molar-refractivity contribution in [3.63, 3.8) is 0 Å². The minimum atomic E-state index is 0.293. The van der Waals surface area contributed by atoms with Crippen LogP contribution in [0, 0.1) is 0 Å². The lowest BCUT2D eigenvalue weighted by molar-refractivity contribution is -0.128. The number of likely N-dealkylation sites (tertiary alicyclic amines) is 1. The molecule has 0 radical (unpaired) electrons. The van der Waals surface area contributed by atoms with Crippen LogP contribution in [0.4, 0.5) is 0 Å². The lowest BCUT2D eigenvalue weighted by atomic mass is 10.1. The molecule has 90 valence electrons. The van der Waals surface area contributed by atoms with E-state index in [-0.39, 0.29) is 0 Å². The van der Waals surface area contributed by atoms with Gasteiger partial charge in [0, 0.05) is 30.9 Å². The summed E-state index contributed by atoms with van der Waals surface area (Å²) in [6.07, 6.45) is 5.49. The molecule has 3 nitrogen and oxygen atoms in total. The van der Waals surface area contributed by atoms with Crippen LogP contribution in [0.2, 0.25) is 0 Å². The van der Waals surface area contributed by atoms with Crippen molar-refractivity contribution < 1.29 is 4.79 Å². The molecule has 2 bridgehead atoms. The molecular weight excluding hydrogens is 220 g/mol. The van der Waals surface area contributed by atoms with Gasteiger partial charge in [0.05, 0.1) is 5.75 Å². The van der Waals surface area contributed by atoms with Crippen molar-refractivity contribution in [3.8, 4) is 0 Å². The van der Waals surface area contributed by atoms with Crippen LogP contribution in [0.5, 0.6) is 0 Å². The second-order valence-corrected chi connectivity index (χ2v) is 5.60. The van der Waals surface area contributed by atoms with Gasteiger partial charge in [-0.3, -0.25) is 4.79 Å². The first-order chi connectivity index (χ1) is 7.79. The summed E-state index contributed by atoms with van der Waals surface area (Å²) in [5.41, 5.74) is 0. The fourth-order valence-corrected chi connectivity index (χ4v) is 3.13. The molecule has 1 amide bonds. The van der Waals surface area contributed by atoms with E-state index < -0.39 is 0 Å². The molecule has 2 aliphatic heterocycles. The maximum absolute atomic E-state index is 11.9. The van der Waals surface area contributed by atoms with Crippen LogP contribution in [0.15, 0.2) is 12.7 Å². The summed E-state index contributed by atoms with van der Waals surface area (Å²) in [7, 11) is 0. The number of hydrogen-bond acceptors (Lipinski definition) is 3. The Labute approximate surface area is 102 Å². The molecule has 1 N–H and O–H groups in total. The first-order valence-corrected chi connectivity index (χ1v) is 7.17. The fourth-order valence-electron chi connectivity index (χ4n) is 2.49. The van der Waals surface area contributed by atoms with Gasteiger partial charge in [-0.1, -0.05) is 6.08 Å². The maximum atomic E-state index is 11.9. The summed E-state index contributed by atoms with van der Waals surface area (Å²) in [4.78, 5) is 14.0. The van der Waals surface area contributed by atoms with E-state index in [4.69, 9.17) is 0 Å². The van der Waals surface area contributed by atoms with Crippen molar-refractivity contribution in [1.82, 2.24) is 10.2 Å². The van der Waals surface area contributed by atoms with Gasteiger partial charge in [0.25, 0.3) is 0 Å². The van der Waals surface area contributed by atoms with Crippen LogP contribution < -0.4 is 5.32 Å². The Balaban J connectivity index is 1.80. The summed E-state index contributed by atoms with van der Waals surface area (Å²) >= 11 is 1.65. The molecule has 2 aliphatic rings. The quantitative estimate of drug-likeness (QED) is 0.593. The molecule has 0 aromatic heterocycles. The maximum Gasteiger partial charge on any atom is 0.232 e. The van der Waals surface area contributed by atoms with Gasteiger partial charge in [-0.25, -0.2) is 0 Å². The SMILES string of the molecule is C=CCSCC(=O)N1CC[C@H]2CC[C@@H](C1)N2. The van der Waals surface area contributed by atoms with E-state index in [2.05, 4.69) is 11.9 Å². The number of thioether (sulfide) groups is 1. The van der Waals surface area contributed by atoms with Gasteiger partial charge in [0.15, 0.2) is 0 Å². The third-order valence-electron chi connectivity index (χ3n) is 3.34. The van der Waals surface area contributed by atoms with Crippen LogP contribution in [0.1, 0.15) is 19.3 Å². The number of amides is 1. The van der Waals surface area contributed by atoms with Crippen molar-refractivity contribution >= 4 is 17.7 Å². The second-order valence-electron chi connectivity index (χ2n) is 4.57. The zero-order valence-electron chi connectivity index (χ0n) is 9.65. The van der Waals surface area contributed by atoms with Crippen molar-refractivity contribution in [3.05, 3.63) is 12.7 Å². The van der Waals surface area contributed by atoms with Gasteiger partial charge < -0.3 is 10.2 Å². The highest BCUT2D eigenvalue weighted by Gasteiger charge is 2.30. The van der Waals surface area contributed by atoms with Crippen LogP contribution in [0.3, 0.4) is 0 Å². The first kappa shape index (κ1) is 12.0. The van der Waals surface area contributed by atoms with Gasteiger partial charge in [-0.15, -0.1) is 18.3 Å². The van der Waals surface area contributed by atoms with Crippen LogP contribution in [-0.2, 0) is 4.79 Å². The fraction of sp³-hybridized carbons (Fsp3) is 0.750. The van der Waals surface area contributed by atoms with Crippen molar-refractivity contribution in [1.29, 1.82) is 0 Å². The summed E-state index contributed by atoms with van der Waals surface area (Å²) < 4.78 is 0. The smallest absolute Gasteiger partial charge is 0.232 e. The number of nitrogens with zero attached hydrogens (tertiary/aromatic N) is 1. The summed E-state index contributed by atoms with van der Waals surface area (Å²) in [6.45, 7) is 5.50. The minimum Gasteiger partial charge on any atom is -0.340 e. The Morgan fingerprint density at radius 3 is 3.06 bits per heavy atom. The van der Waals surface area contributed by atoms with Gasteiger partial charge in [-0.05, 0) is 19.3 Å². The first-order valence-electron chi connectivity index (χ1n) is 6.02. The molecule has 2 fully saturated rings. The lowest BCUT2D eigenvalue weighted by Gasteiger charge is -2.24. The molecule has 0 aromatic rings. The molecule has 0 unspecified atom stereocenters. The molecule has 2 rings (SSSR count). The average Bonchev–Trinajstić information content (AvgIpc) is 2.58. The van der Waals surface area contributed by atoms with E-state index in [0.717, 1.165) is 25.3 Å². The summed E-state index contributed by atoms with van der Waals surface area (Å²) in [5.74, 6) is 1.76. The molecule has 2 atom stereocenters. The normalized spacial score (nSPS) is 28.9. The number of hydrogen-bond donors (Lipinski definition) is 1. The standard InChI is InChI=1S/C12H20N2OS/c1-2-7-16-9-12(15)14-6-5-10-3-4-11(8-14)13-10/h2,10-11,13H,1,3-9H2/t10-,11+/m1/s1. The van der Waals surface area contributed by atoms with E-state index in [1.54, 1.807) is 11.8 Å². The Hall–Kier alpha value is -0.480. The Morgan fingerprint density at radius 1 is 1.44 bits per heavy atom. The van der Waals surface area contributed by atoms with E-state index >= 15 is 0 Å². The van der Waals surface area contributed by atoms with E-state index in [0.29, 0.717) is 23.7 Å². The molecule has 0 aromatic carbocycles. The highest BCUT2D eigenvalue weighted by Crippen LogP contribution is 2.20. The van der Waals surface area contributed by atoms with E-state index in [1.165, 1.54) is 12.8 Å². The molecular formula is C12H20N2OS. The molecule has 2 heterocycles. The zero-order chi connectivity index (χ0) is 11.4. The van der Waals surface area contributed by atoms with Gasteiger partial charge in [-0.2, -0.15) is 0 Å². The van der Waals surface area contributed by atoms with Gasteiger partial charge >= 0.3 is 0 Å². The molecule has 4 heteroatoms. The Morgan fingerprint density at radius 2 is 2.25 bits per heavy atom. The highest BCUT2D eigenvalue weighted by atomic mass is 32.2. The predicted molar refractivity (Wildman–Crippen MR) is 68.7 cm³/mol. The molecule has 0 saturated carbocycles. The molecule has 16 heavy (non-hydrogen) atoms. The van der Waals surface area contributed by atoms with Crippen molar-refractivity contribution in [2.45, 2.75) is 31.3 Å². The van der Waals surface area contributed by atoms with Crippen molar-refractivity contribution in [2.75, 3.05) is 24.6 Å². The average molecular weight is 240 g/mol. The number of carbonyl (C=O) groups is 1. The van der Waals surface area contributed by atoms with E-state index in [9.17, 15) is 4.79 Å². The number of nitrogens with one attached hydrogen (secondary N) is 1. The van der Waals surface area contributed by atoms with E-state index in [1.807, 2.05) is 11.0 Å². The Kier molecular flexibility index (Phi) is 4.29. The third-order valence-corrected chi connectivity index (χ3v) is 4.26. The van der Waals surface area contributed by atoms with Gasteiger partial charge in [0.1, 0.15) is 0 Å². The minimum absolute atomic E-state index is 0.293. The summed E-state index contributed by atoms with van der Waals surface area (Å²) in [5, 5.41) is 3.59. The third kappa shape index (κ3) is 3.01.